The second-order valence-electron chi connectivity index (χ2n) is 7.18. The van der Waals surface area contributed by atoms with Gasteiger partial charge in [0.25, 0.3) is 0 Å². The van der Waals surface area contributed by atoms with Gasteiger partial charge in [-0.05, 0) is 59.4 Å². The smallest absolute Gasteiger partial charge is 0.220 e. The van der Waals surface area contributed by atoms with Crippen LogP contribution in [0.15, 0.2) is 24.3 Å². The fourth-order valence-corrected chi connectivity index (χ4v) is 4.64. The summed E-state index contributed by atoms with van der Waals surface area (Å²) < 4.78 is 22.0. The van der Waals surface area contributed by atoms with Crippen molar-refractivity contribution in [3.63, 3.8) is 0 Å². The summed E-state index contributed by atoms with van der Waals surface area (Å²) in [6, 6.07) is 8.01. The van der Waals surface area contributed by atoms with E-state index < -0.39 is 0 Å². The number of amides is 1. The van der Waals surface area contributed by atoms with E-state index in [4.69, 9.17) is 18.9 Å². The van der Waals surface area contributed by atoms with E-state index in [0.29, 0.717) is 35.8 Å². The van der Waals surface area contributed by atoms with Crippen LogP contribution in [0.4, 0.5) is 0 Å². The maximum absolute atomic E-state index is 12.6. The lowest BCUT2D eigenvalue weighted by atomic mass is 9.76. The van der Waals surface area contributed by atoms with Crippen LogP contribution in [0.1, 0.15) is 41.3 Å². The Labute approximate surface area is 165 Å². The molecule has 2 bridgehead atoms. The van der Waals surface area contributed by atoms with Crippen LogP contribution in [0, 0.1) is 0 Å². The number of rotatable bonds is 4. The number of hydrogen-bond donors (Lipinski definition) is 0. The first-order valence-corrected chi connectivity index (χ1v) is 9.30. The van der Waals surface area contributed by atoms with Crippen LogP contribution in [0.2, 0.25) is 0 Å². The molecule has 2 aromatic carbocycles. The maximum atomic E-state index is 12.6. The molecule has 0 aliphatic carbocycles. The zero-order valence-corrected chi connectivity index (χ0v) is 16.9. The van der Waals surface area contributed by atoms with Crippen molar-refractivity contribution in [3.8, 4) is 23.0 Å². The Bertz CT molecular complexity index is 870. The normalized spacial score (nSPS) is 19.4. The molecule has 0 saturated heterocycles. The van der Waals surface area contributed by atoms with E-state index in [0.717, 1.165) is 11.1 Å². The Hall–Kier alpha value is -2.89. The van der Waals surface area contributed by atoms with Gasteiger partial charge in [0.2, 0.25) is 5.91 Å². The second-order valence-corrected chi connectivity index (χ2v) is 7.18. The molecule has 2 aliphatic rings. The molecule has 0 radical (unpaired) electrons. The van der Waals surface area contributed by atoms with Gasteiger partial charge in [0.15, 0.2) is 23.0 Å². The molecule has 0 saturated carbocycles. The third-order valence-corrected chi connectivity index (χ3v) is 5.87. The van der Waals surface area contributed by atoms with Crippen LogP contribution in [0.3, 0.4) is 0 Å². The predicted octanol–water partition coefficient (Wildman–Crippen LogP) is 3.46. The number of methoxy groups -OCH3 is 4. The van der Waals surface area contributed by atoms with Crippen LogP contribution in [0.25, 0.3) is 0 Å². The molecule has 0 N–H and O–H groups in total. The van der Waals surface area contributed by atoms with E-state index in [1.54, 1.807) is 35.4 Å². The van der Waals surface area contributed by atoms with E-state index >= 15 is 0 Å². The lowest BCUT2D eigenvalue weighted by Gasteiger charge is -2.47. The minimum absolute atomic E-state index is 0.0448. The van der Waals surface area contributed by atoms with Gasteiger partial charge in [-0.25, -0.2) is 0 Å². The van der Waals surface area contributed by atoms with Gasteiger partial charge >= 0.3 is 0 Å². The highest BCUT2D eigenvalue weighted by Crippen LogP contribution is 2.51. The van der Waals surface area contributed by atoms with E-state index in [1.165, 1.54) is 11.1 Å². The van der Waals surface area contributed by atoms with Crippen molar-refractivity contribution < 1.29 is 23.7 Å². The maximum Gasteiger partial charge on any atom is 0.220 e. The van der Waals surface area contributed by atoms with Crippen LogP contribution in [0.5, 0.6) is 23.0 Å². The summed E-state index contributed by atoms with van der Waals surface area (Å²) in [7, 11) is 6.54. The van der Waals surface area contributed by atoms with Crippen LogP contribution in [-0.2, 0) is 17.6 Å². The van der Waals surface area contributed by atoms with Gasteiger partial charge in [0.05, 0.1) is 40.5 Å². The molecule has 2 aliphatic heterocycles. The van der Waals surface area contributed by atoms with Crippen molar-refractivity contribution in [2.45, 2.75) is 31.8 Å². The number of hydrogen-bond acceptors (Lipinski definition) is 5. The third kappa shape index (κ3) is 2.66. The summed E-state index contributed by atoms with van der Waals surface area (Å²) in [5.41, 5.74) is 4.60. The van der Waals surface area contributed by atoms with Crippen molar-refractivity contribution in [2.24, 2.45) is 0 Å². The molecule has 6 nitrogen and oxygen atoms in total. The molecule has 0 aromatic heterocycles. The van der Waals surface area contributed by atoms with Crippen molar-refractivity contribution in [3.05, 3.63) is 46.5 Å². The van der Waals surface area contributed by atoms with Crippen LogP contribution in [-0.4, -0.2) is 39.2 Å². The Balaban J connectivity index is 1.89. The molecule has 1 amide bonds. The Morgan fingerprint density at radius 1 is 0.750 bits per heavy atom. The molecular weight excluding hydrogens is 358 g/mol. The molecule has 28 heavy (non-hydrogen) atoms. The van der Waals surface area contributed by atoms with Gasteiger partial charge in [0, 0.05) is 6.92 Å². The summed E-state index contributed by atoms with van der Waals surface area (Å²) in [6.45, 7) is 1.64. The first-order valence-electron chi connectivity index (χ1n) is 9.30. The standard InChI is InChI=1S/C22H25NO5/c1-12(24)23-17-6-13-8-19(25-2)21(27-4)10-15(13)18(23)7-14-9-20(26-3)22(28-5)11-16(14)17/h8-11,17-18H,6-7H2,1-5H3/t17-,18-/m1/s1. The Morgan fingerprint density at radius 2 is 1.11 bits per heavy atom. The fourth-order valence-electron chi connectivity index (χ4n) is 4.64. The molecule has 2 atom stereocenters. The molecule has 0 fully saturated rings. The molecule has 2 heterocycles. The largest absolute Gasteiger partial charge is 0.493 e. The first kappa shape index (κ1) is 18.5. The second kappa shape index (κ2) is 6.93. The van der Waals surface area contributed by atoms with Crippen molar-refractivity contribution in [1.82, 2.24) is 4.90 Å². The molecule has 4 rings (SSSR count). The molecule has 2 aromatic rings. The molecular formula is C22H25NO5. The van der Waals surface area contributed by atoms with Gasteiger partial charge < -0.3 is 23.8 Å². The van der Waals surface area contributed by atoms with E-state index in [9.17, 15) is 4.79 Å². The number of carbonyl (C=O) groups excluding carboxylic acids is 1. The molecule has 0 unspecified atom stereocenters. The highest BCUT2D eigenvalue weighted by Gasteiger charge is 2.42. The lowest BCUT2D eigenvalue weighted by molar-refractivity contribution is -0.135. The summed E-state index contributed by atoms with van der Waals surface area (Å²) in [5, 5.41) is 0. The first-order chi connectivity index (χ1) is 13.5. The SMILES string of the molecule is COc1cc2c(cc1OC)[C@H]1Cc3cc(OC)c(OC)cc3[C@@H](C2)N1C(C)=O. The number of ether oxygens (including phenoxy) is 4. The van der Waals surface area contributed by atoms with E-state index in [2.05, 4.69) is 0 Å². The molecule has 6 heteroatoms. The quantitative estimate of drug-likeness (QED) is 0.809. The van der Waals surface area contributed by atoms with Crippen molar-refractivity contribution in [1.29, 1.82) is 0 Å². The number of nitrogens with zero attached hydrogens (tertiary/aromatic N) is 1. The van der Waals surface area contributed by atoms with Gasteiger partial charge in [-0.1, -0.05) is 0 Å². The Morgan fingerprint density at radius 3 is 1.43 bits per heavy atom. The summed E-state index contributed by atoms with van der Waals surface area (Å²) in [4.78, 5) is 14.6. The minimum Gasteiger partial charge on any atom is -0.493 e. The zero-order valence-electron chi connectivity index (χ0n) is 16.9. The number of benzene rings is 2. The highest BCUT2D eigenvalue weighted by atomic mass is 16.5. The van der Waals surface area contributed by atoms with Gasteiger partial charge in [0.1, 0.15) is 0 Å². The van der Waals surface area contributed by atoms with Crippen molar-refractivity contribution >= 4 is 5.91 Å². The van der Waals surface area contributed by atoms with Gasteiger partial charge in [-0.2, -0.15) is 0 Å². The zero-order chi connectivity index (χ0) is 20.0. The average molecular weight is 383 g/mol. The lowest BCUT2D eigenvalue weighted by Crippen LogP contribution is -2.45. The third-order valence-electron chi connectivity index (χ3n) is 5.87. The summed E-state index contributed by atoms with van der Waals surface area (Å²) in [6.07, 6.45) is 1.43. The van der Waals surface area contributed by atoms with Crippen molar-refractivity contribution in [2.75, 3.05) is 28.4 Å². The Kier molecular flexibility index (Phi) is 4.57. The molecule has 0 spiro atoms. The van der Waals surface area contributed by atoms with Crippen LogP contribution < -0.4 is 18.9 Å². The van der Waals surface area contributed by atoms with Crippen LogP contribution >= 0.6 is 0 Å². The number of carbonyl (C=O) groups is 1. The number of fused-ring (bicyclic) bond motifs is 6. The van der Waals surface area contributed by atoms with Gasteiger partial charge in [-0.3, -0.25) is 4.79 Å². The highest BCUT2D eigenvalue weighted by molar-refractivity contribution is 5.76. The summed E-state index contributed by atoms with van der Waals surface area (Å²) >= 11 is 0. The summed E-state index contributed by atoms with van der Waals surface area (Å²) in [5.74, 6) is 2.85. The minimum atomic E-state index is -0.0448. The monoisotopic (exact) mass is 383 g/mol. The van der Waals surface area contributed by atoms with E-state index in [-0.39, 0.29) is 18.0 Å². The predicted molar refractivity (Wildman–Crippen MR) is 105 cm³/mol. The van der Waals surface area contributed by atoms with E-state index in [1.807, 2.05) is 29.2 Å². The van der Waals surface area contributed by atoms with Gasteiger partial charge in [-0.15, -0.1) is 0 Å². The topological polar surface area (TPSA) is 57.2 Å². The molecule has 148 valence electrons. The fraction of sp³-hybridized carbons (Fsp3) is 0.409. The average Bonchev–Trinajstić information content (AvgIpc) is 2.71.